The Hall–Kier alpha value is -3.09. The maximum absolute atomic E-state index is 13.8. The number of anilines is 1. The van der Waals surface area contributed by atoms with E-state index in [0.717, 1.165) is 6.20 Å². The monoisotopic (exact) mass is 345 g/mol. The minimum Gasteiger partial charge on any atom is -0.459 e. The van der Waals surface area contributed by atoms with Crippen molar-refractivity contribution in [1.29, 1.82) is 0 Å². The normalized spacial score (nSPS) is 10.5. The van der Waals surface area contributed by atoms with Crippen LogP contribution in [0.2, 0.25) is 0 Å². The SMILES string of the molecule is Fc1cccc(COc2ncc(F)c(NCc3ccccc3F)n2)c1. The molecule has 1 N–H and O–H groups in total. The summed E-state index contributed by atoms with van der Waals surface area (Å²) in [5.74, 6) is -1.57. The second kappa shape index (κ2) is 7.65. The van der Waals surface area contributed by atoms with Gasteiger partial charge in [-0.2, -0.15) is 4.98 Å². The summed E-state index contributed by atoms with van der Waals surface area (Å²) < 4.78 is 45.9. The highest BCUT2D eigenvalue weighted by Crippen LogP contribution is 2.16. The number of ether oxygens (including phenoxy) is 1. The van der Waals surface area contributed by atoms with Gasteiger partial charge in [0.25, 0.3) is 0 Å². The van der Waals surface area contributed by atoms with Crippen LogP contribution in [0.5, 0.6) is 6.01 Å². The van der Waals surface area contributed by atoms with Crippen molar-refractivity contribution >= 4 is 5.82 Å². The van der Waals surface area contributed by atoms with E-state index in [0.29, 0.717) is 11.1 Å². The van der Waals surface area contributed by atoms with E-state index in [1.165, 1.54) is 18.2 Å². The maximum atomic E-state index is 13.8. The Bertz CT molecular complexity index is 874. The maximum Gasteiger partial charge on any atom is 0.318 e. The minimum atomic E-state index is -0.686. The predicted octanol–water partition coefficient (Wildman–Crippen LogP) is 4.09. The minimum absolute atomic E-state index is 0.0378. The molecule has 4 nitrogen and oxygen atoms in total. The van der Waals surface area contributed by atoms with Gasteiger partial charge < -0.3 is 10.1 Å². The second-order valence-corrected chi connectivity index (χ2v) is 5.21. The van der Waals surface area contributed by atoms with Crippen LogP contribution in [-0.4, -0.2) is 9.97 Å². The molecule has 0 amide bonds. The molecular formula is C18H14F3N3O. The first-order valence-electron chi connectivity index (χ1n) is 7.49. The van der Waals surface area contributed by atoms with Crippen molar-refractivity contribution in [3.8, 4) is 6.01 Å². The fourth-order valence-electron chi connectivity index (χ4n) is 2.14. The lowest BCUT2D eigenvalue weighted by Gasteiger charge is -2.09. The third kappa shape index (κ3) is 4.47. The lowest BCUT2D eigenvalue weighted by atomic mass is 10.2. The van der Waals surface area contributed by atoms with Crippen molar-refractivity contribution < 1.29 is 17.9 Å². The van der Waals surface area contributed by atoms with Crippen LogP contribution in [0.25, 0.3) is 0 Å². The van der Waals surface area contributed by atoms with Gasteiger partial charge in [0.1, 0.15) is 18.2 Å². The molecule has 0 unspecified atom stereocenters. The lowest BCUT2D eigenvalue weighted by Crippen LogP contribution is -2.08. The number of halogens is 3. The molecule has 1 aromatic heterocycles. The summed E-state index contributed by atoms with van der Waals surface area (Å²) in [6.07, 6.45) is 0.956. The molecule has 2 aromatic carbocycles. The third-order valence-electron chi connectivity index (χ3n) is 3.38. The summed E-state index contributed by atoms with van der Waals surface area (Å²) in [4.78, 5) is 7.65. The predicted molar refractivity (Wildman–Crippen MR) is 86.4 cm³/mol. The molecule has 7 heteroatoms. The standard InChI is InChI=1S/C18H14F3N3O/c19-14-6-3-4-12(8-14)11-25-18-23-10-16(21)17(24-18)22-9-13-5-1-2-7-15(13)20/h1-8,10H,9,11H2,(H,22,23,24). The summed E-state index contributed by atoms with van der Waals surface area (Å²) >= 11 is 0. The molecule has 3 aromatic rings. The molecule has 25 heavy (non-hydrogen) atoms. The largest absolute Gasteiger partial charge is 0.459 e. The van der Waals surface area contributed by atoms with Crippen LogP contribution in [0.1, 0.15) is 11.1 Å². The molecule has 0 atom stereocenters. The number of hydrogen-bond acceptors (Lipinski definition) is 4. The molecular weight excluding hydrogens is 331 g/mol. The summed E-state index contributed by atoms with van der Waals surface area (Å²) in [6.45, 7) is 0.0973. The average Bonchev–Trinajstić information content (AvgIpc) is 2.61. The van der Waals surface area contributed by atoms with Gasteiger partial charge in [-0.05, 0) is 23.8 Å². The number of nitrogens with zero attached hydrogens (tertiary/aromatic N) is 2. The third-order valence-corrected chi connectivity index (χ3v) is 3.38. The van der Waals surface area contributed by atoms with E-state index in [4.69, 9.17) is 4.74 Å². The Kier molecular flexibility index (Phi) is 5.13. The first-order valence-corrected chi connectivity index (χ1v) is 7.49. The van der Waals surface area contributed by atoms with Crippen LogP contribution in [0.15, 0.2) is 54.7 Å². The van der Waals surface area contributed by atoms with E-state index in [2.05, 4.69) is 15.3 Å². The Labute approximate surface area is 142 Å². The number of hydrogen-bond donors (Lipinski definition) is 1. The van der Waals surface area contributed by atoms with Crippen LogP contribution in [0, 0.1) is 17.5 Å². The first-order chi connectivity index (χ1) is 12.1. The van der Waals surface area contributed by atoms with E-state index in [1.54, 1.807) is 30.3 Å². The van der Waals surface area contributed by atoms with Crippen molar-refractivity contribution in [2.24, 2.45) is 0 Å². The van der Waals surface area contributed by atoms with E-state index in [9.17, 15) is 13.2 Å². The molecule has 0 bridgehead atoms. The highest BCUT2D eigenvalue weighted by Gasteiger charge is 2.09. The lowest BCUT2D eigenvalue weighted by molar-refractivity contribution is 0.279. The molecule has 3 rings (SSSR count). The van der Waals surface area contributed by atoms with Crippen molar-refractivity contribution in [3.05, 3.63) is 83.3 Å². The van der Waals surface area contributed by atoms with Crippen molar-refractivity contribution in [2.45, 2.75) is 13.2 Å². The highest BCUT2D eigenvalue weighted by molar-refractivity contribution is 5.37. The zero-order valence-electron chi connectivity index (χ0n) is 13.0. The quantitative estimate of drug-likeness (QED) is 0.731. The van der Waals surface area contributed by atoms with Gasteiger partial charge in [0.15, 0.2) is 11.6 Å². The van der Waals surface area contributed by atoms with Gasteiger partial charge >= 0.3 is 6.01 Å². The molecule has 0 aliphatic carbocycles. The number of nitrogens with one attached hydrogen (secondary N) is 1. The number of benzene rings is 2. The van der Waals surface area contributed by atoms with Gasteiger partial charge in [0, 0.05) is 12.1 Å². The van der Waals surface area contributed by atoms with E-state index < -0.39 is 11.6 Å². The van der Waals surface area contributed by atoms with Crippen LogP contribution in [0.4, 0.5) is 19.0 Å². The van der Waals surface area contributed by atoms with Crippen molar-refractivity contribution in [3.63, 3.8) is 0 Å². The fraction of sp³-hybridized carbons (Fsp3) is 0.111. The van der Waals surface area contributed by atoms with Gasteiger partial charge in [0.05, 0.1) is 6.20 Å². The van der Waals surface area contributed by atoms with Gasteiger partial charge in [-0.25, -0.2) is 18.2 Å². The smallest absolute Gasteiger partial charge is 0.318 e. The Balaban J connectivity index is 1.67. The van der Waals surface area contributed by atoms with Crippen LogP contribution in [-0.2, 0) is 13.2 Å². The first kappa shape index (κ1) is 16.8. The summed E-state index contributed by atoms with van der Waals surface area (Å²) in [5, 5.41) is 2.71. The Morgan fingerprint density at radius 2 is 1.80 bits per heavy atom. The van der Waals surface area contributed by atoms with E-state index in [1.807, 2.05) is 0 Å². The zero-order chi connectivity index (χ0) is 17.6. The van der Waals surface area contributed by atoms with Crippen LogP contribution >= 0.6 is 0 Å². The fourth-order valence-corrected chi connectivity index (χ4v) is 2.14. The van der Waals surface area contributed by atoms with Crippen molar-refractivity contribution in [2.75, 3.05) is 5.32 Å². The molecule has 0 spiro atoms. The average molecular weight is 345 g/mol. The summed E-state index contributed by atoms with van der Waals surface area (Å²) in [7, 11) is 0. The van der Waals surface area contributed by atoms with Gasteiger partial charge in [-0.3, -0.25) is 0 Å². The number of aromatic nitrogens is 2. The van der Waals surface area contributed by atoms with Gasteiger partial charge in [0.2, 0.25) is 0 Å². The van der Waals surface area contributed by atoms with Gasteiger partial charge in [-0.15, -0.1) is 0 Å². The number of rotatable bonds is 6. The molecule has 0 aliphatic rings. The van der Waals surface area contributed by atoms with Gasteiger partial charge in [-0.1, -0.05) is 30.3 Å². The zero-order valence-corrected chi connectivity index (χ0v) is 13.0. The van der Waals surface area contributed by atoms with E-state index >= 15 is 0 Å². The highest BCUT2D eigenvalue weighted by atomic mass is 19.1. The summed E-state index contributed by atoms with van der Waals surface area (Å²) in [6, 6.07) is 12.0. The molecule has 0 aliphatic heterocycles. The van der Waals surface area contributed by atoms with Crippen LogP contribution in [0.3, 0.4) is 0 Å². The molecule has 0 saturated heterocycles. The molecule has 1 heterocycles. The Morgan fingerprint density at radius 3 is 2.60 bits per heavy atom. The molecule has 0 saturated carbocycles. The second-order valence-electron chi connectivity index (χ2n) is 5.21. The molecule has 0 radical (unpaired) electrons. The molecule has 128 valence electrons. The molecule has 0 fully saturated rings. The van der Waals surface area contributed by atoms with Crippen LogP contribution < -0.4 is 10.1 Å². The topological polar surface area (TPSA) is 47.0 Å². The summed E-state index contributed by atoms with van der Waals surface area (Å²) in [5.41, 5.74) is 0.969. The Morgan fingerprint density at radius 1 is 0.960 bits per heavy atom. The van der Waals surface area contributed by atoms with E-state index in [-0.39, 0.29) is 30.8 Å². The van der Waals surface area contributed by atoms with Crippen molar-refractivity contribution in [1.82, 2.24) is 9.97 Å².